The summed E-state index contributed by atoms with van der Waals surface area (Å²) in [5.74, 6) is 5.67. The molecule has 14 heavy (non-hydrogen) atoms. The van der Waals surface area contributed by atoms with Crippen molar-refractivity contribution in [3.8, 4) is 11.8 Å². The van der Waals surface area contributed by atoms with Gasteiger partial charge in [-0.15, -0.1) is 0 Å². The first-order valence-corrected chi connectivity index (χ1v) is 4.50. The van der Waals surface area contributed by atoms with Crippen molar-refractivity contribution in [3.63, 3.8) is 0 Å². The van der Waals surface area contributed by atoms with E-state index in [1.165, 1.54) is 0 Å². The molecule has 0 fully saturated rings. The van der Waals surface area contributed by atoms with Crippen LogP contribution >= 0.6 is 0 Å². The second-order valence-electron chi connectivity index (χ2n) is 3.88. The Morgan fingerprint density at radius 2 is 2.00 bits per heavy atom. The zero-order valence-corrected chi connectivity index (χ0v) is 8.76. The predicted octanol–water partition coefficient (Wildman–Crippen LogP) is 1.70. The molecule has 0 aromatic heterocycles. The number of hydrogen-bond acceptors (Lipinski definition) is 2. The van der Waals surface area contributed by atoms with Crippen LogP contribution in [-0.2, 0) is 0 Å². The second kappa shape index (κ2) is 3.73. The maximum absolute atomic E-state index is 9.43. The summed E-state index contributed by atoms with van der Waals surface area (Å²) in [7, 11) is 0. The van der Waals surface area contributed by atoms with Gasteiger partial charge in [0.1, 0.15) is 5.60 Å². The molecule has 1 aromatic carbocycles. The summed E-state index contributed by atoms with van der Waals surface area (Å²) in [6.45, 7) is 5.27. The van der Waals surface area contributed by atoms with Gasteiger partial charge < -0.3 is 10.8 Å². The third-order valence-electron chi connectivity index (χ3n) is 1.76. The molecule has 0 aliphatic carbocycles. The fraction of sp³-hybridized carbons (Fsp3) is 0.333. The fourth-order valence-corrected chi connectivity index (χ4v) is 0.995. The number of aliphatic hydroxyl groups is 1. The Kier molecular flexibility index (Phi) is 2.83. The molecular weight excluding hydrogens is 174 g/mol. The summed E-state index contributed by atoms with van der Waals surface area (Å²) in [5, 5.41) is 9.43. The lowest BCUT2D eigenvalue weighted by Gasteiger charge is -2.06. The molecule has 74 valence electrons. The number of anilines is 1. The van der Waals surface area contributed by atoms with Crippen molar-refractivity contribution < 1.29 is 5.11 Å². The smallest absolute Gasteiger partial charge is 0.120 e. The number of benzene rings is 1. The van der Waals surface area contributed by atoms with Crippen LogP contribution < -0.4 is 5.73 Å². The van der Waals surface area contributed by atoms with E-state index in [4.69, 9.17) is 5.73 Å². The van der Waals surface area contributed by atoms with E-state index in [0.717, 1.165) is 11.1 Å². The Balaban J connectivity index is 3.06. The van der Waals surface area contributed by atoms with Crippen LogP contribution in [0.1, 0.15) is 25.0 Å². The van der Waals surface area contributed by atoms with Crippen LogP contribution in [0, 0.1) is 18.8 Å². The van der Waals surface area contributed by atoms with Gasteiger partial charge in [-0.3, -0.25) is 0 Å². The van der Waals surface area contributed by atoms with Gasteiger partial charge in [0.2, 0.25) is 0 Å². The Hall–Kier alpha value is -1.46. The van der Waals surface area contributed by atoms with Gasteiger partial charge in [0, 0.05) is 11.3 Å². The van der Waals surface area contributed by atoms with Crippen LogP contribution in [0.15, 0.2) is 18.2 Å². The first-order valence-electron chi connectivity index (χ1n) is 4.50. The standard InChI is InChI=1S/C12H15NO/c1-9-4-5-11(13)8-10(9)6-7-12(2,3)14/h4-5,8,14H,13H2,1-3H3. The summed E-state index contributed by atoms with van der Waals surface area (Å²) in [5.41, 5.74) is 7.30. The molecule has 0 bridgehead atoms. The quantitative estimate of drug-likeness (QED) is 0.482. The number of rotatable bonds is 0. The third-order valence-corrected chi connectivity index (χ3v) is 1.76. The van der Waals surface area contributed by atoms with Crippen molar-refractivity contribution in [2.75, 3.05) is 5.73 Å². The Bertz CT molecular complexity index is 391. The molecule has 1 rings (SSSR count). The van der Waals surface area contributed by atoms with E-state index >= 15 is 0 Å². The van der Waals surface area contributed by atoms with Crippen LogP contribution in [0.5, 0.6) is 0 Å². The van der Waals surface area contributed by atoms with Crippen LogP contribution in [0.4, 0.5) is 5.69 Å². The van der Waals surface area contributed by atoms with Gasteiger partial charge in [-0.05, 0) is 38.5 Å². The molecular formula is C12H15NO. The van der Waals surface area contributed by atoms with Gasteiger partial charge in [0.25, 0.3) is 0 Å². The molecule has 3 N–H and O–H groups in total. The van der Waals surface area contributed by atoms with Crippen molar-refractivity contribution in [3.05, 3.63) is 29.3 Å². The summed E-state index contributed by atoms with van der Waals surface area (Å²) >= 11 is 0. The van der Waals surface area contributed by atoms with Crippen molar-refractivity contribution in [1.29, 1.82) is 0 Å². The molecule has 0 radical (unpaired) electrons. The largest absolute Gasteiger partial charge is 0.399 e. The lowest BCUT2D eigenvalue weighted by molar-refractivity contribution is 0.143. The normalized spacial score (nSPS) is 10.6. The van der Waals surface area contributed by atoms with Gasteiger partial charge in [-0.1, -0.05) is 17.9 Å². The van der Waals surface area contributed by atoms with Crippen molar-refractivity contribution in [1.82, 2.24) is 0 Å². The lowest BCUT2D eigenvalue weighted by atomic mass is 10.1. The van der Waals surface area contributed by atoms with E-state index < -0.39 is 5.60 Å². The maximum atomic E-state index is 9.43. The summed E-state index contributed by atoms with van der Waals surface area (Å²) in [6, 6.07) is 5.57. The number of nitrogen functional groups attached to an aromatic ring is 1. The Morgan fingerprint density at radius 3 is 2.57 bits per heavy atom. The molecule has 0 heterocycles. The highest BCUT2D eigenvalue weighted by molar-refractivity contribution is 5.51. The number of aryl methyl sites for hydroxylation is 1. The lowest BCUT2D eigenvalue weighted by Crippen LogP contribution is -2.14. The average molecular weight is 189 g/mol. The number of hydrogen-bond donors (Lipinski definition) is 2. The Morgan fingerprint density at radius 1 is 1.36 bits per heavy atom. The molecule has 0 aliphatic heterocycles. The fourth-order valence-electron chi connectivity index (χ4n) is 0.995. The van der Waals surface area contributed by atoms with E-state index in [-0.39, 0.29) is 0 Å². The molecule has 2 nitrogen and oxygen atoms in total. The highest BCUT2D eigenvalue weighted by Gasteiger charge is 2.06. The zero-order chi connectivity index (χ0) is 10.8. The first-order chi connectivity index (χ1) is 6.38. The van der Waals surface area contributed by atoms with E-state index in [1.807, 2.05) is 25.1 Å². The van der Waals surface area contributed by atoms with Gasteiger partial charge >= 0.3 is 0 Å². The van der Waals surface area contributed by atoms with Crippen LogP contribution in [0.3, 0.4) is 0 Å². The van der Waals surface area contributed by atoms with Gasteiger partial charge in [0.15, 0.2) is 0 Å². The highest BCUT2D eigenvalue weighted by Crippen LogP contribution is 2.11. The van der Waals surface area contributed by atoms with E-state index in [9.17, 15) is 5.11 Å². The molecule has 0 aliphatic rings. The number of nitrogens with two attached hydrogens (primary N) is 1. The summed E-state index contributed by atoms with van der Waals surface area (Å²) < 4.78 is 0. The van der Waals surface area contributed by atoms with E-state index in [1.54, 1.807) is 13.8 Å². The summed E-state index contributed by atoms with van der Waals surface area (Å²) in [6.07, 6.45) is 0. The first kappa shape index (κ1) is 10.6. The SMILES string of the molecule is Cc1ccc(N)cc1C#CC(C)(C)O. The van der Waals surface area contributed by atoms with Crippen molar-refractivity contribution >= 4 is 5.69 Å². The van der Waals surface area contributed by atoms with Crippen molar-refractivity contribution in [2.24, 2.45) is 0 Å². The van der Waals surface area contributed by atoms with E-state index in [0.29, 0.717) is 5.69 Å². The predicted molar refractivity (Wildman–Crippen MR) is 58.8 cm³/mol. The minimum absolute atomic E-state index is 0.690. The van der Waals surface area contributed by atoms with Gasteiger partial charge in [-0.2, -0.15) is 0 Å². The van der Waals surface area contributed by atoms with Crippen LogP contribution in [0.25, 0.3) is 0 Å². The zero-order valence-electron chi connectivity index (χ0n) is 8.76. The van der Waals surface area contributed by atoms with Crippen LogP contribution in [-0.4, -0.2) is 10.7 Å². The molecule has 0 saturated heterocycles. The Labute approximate surface area is 84.8 Å². The van der Waals surface area contributed by atoms with Crippen LogP contribution in [0.2, 0.25) is 0 Å². The highest BCUT2D eigenvalue weighted by atomic mass is 16.3. The summed E-state index contributed by atoms with van der Waals surface area (Å²) in [4.78, 5) is 0. The van der Waals surface area contributed by atoms with E-state index in [2.05, 4.69) is 11.8 Å². The van der Waals surface area contributed by atoms with Gasteiger partial charge in [0.05, 0.1) is 0 Å². The molecule has 0 saturated carbocycles. The average Bonchev–Trinajstić information content (AvgIpc) is 2.05. The molecule has 2 heteroatoms. The third kappa shape index (κ3) is 3.12. The second-order valence-corrected chi connectivity index (χ2v) is 3.88. The van der Waals surface area contributed by atoms with Gasteiger partial charge in [-0.25, -0.2) is 0 Å². The molecule has 1 aromatic rings. The van der Waals surface area contributed by atoms with Crippen molar-refractivity contribution in [2.45, 2.75) is 26.4 Å². The molecule has 0 unspecified atom stereocenters. The molecule has 0 atom stereocenters. The minimum Gasteiger partial charge on any atom is -0.399 e. The molecule has 0 amide bonds. The topological polar surface area (TPSA) is 46.2 Å². The molecule has 0 spiro atoms. The maximum Gasteiger partial charge on any atom is 0.120 e. The minimum atomic E-state index is -0.961. The monoisotopic (exact) mass is 189 g/mol.